The first kappa shape index (κ1) is 22.4. The first-order valence-corrected chi connectivity index (χ1v) is 9.89. The highest BCUT2D eigenvalue weighted by Crippen LogP contribution is 2.29. The fraction of sp³-hybridized carbons (Fsp3) is 0.435. The van der Waals surface area contributed by atoms with Gasteiger partial charge in [0.15, 0.2) is 0 Å². The standard InChI is InChI=1S/C23H29NO3.ClH/c1-2-26-22(25)15-18-24-16-13-21(14-17-24)27-23(19-9-5-3-6-10-19)20-11-7-4-8-12-20;/h3-12,21,23H,2,13-18H2,1H3;1H. The number of halogens is 1. The maximum absolute atomic E-state index is 11.5. The minimum absolute atomic E-state index is 0. The molecule has 0 atom stereocenters. The van der Waals surface area contributed by atoms with Crippen molar-refractivity contribution in [1.82, 2.24) is 4.90 Å². The van der Waals surface area contributed by atoms with Gasteiger partial charge >= 0.3 is 5.97 Å². The second-order valence-corrected chi connectivity index (χ2v) is 6.93. The third-order valence-corrected chi connectivity index (χ3v) is 5.01. The fourth-order valence-electron chi connectivity index (χ4n) is 3.55. The molecule has 0 radical (unpaired) electrons. The predicted molar refractivity (Wildman–Crippen MR) is 114 cm³/mol. The first-order chi connectivity index (χ1) is 13.3. The number of esters is 1. The summed E-state index contributed by atoms with van der Waals surface area (Å²) in [4.78, 5) is 13.9. The second kappa shape index (κ2) is 11.8. The zero-order valence-corrected chi connectivity index (χ0v) is 17.3. The van der Waals surface area contributed by atoms with Crippen molar-refractivity contribution in [3.63, 3.8) is 0 Å². The monoisotopic (exact) mass is 403 g/mol. The maximum Gasteiger partial charge on any atom is 0.307 e. The van der Waals surface area contributed by atoms with Crippen LogP contribution < -0.4 is 0 Å². The number of rotatable bonds is 8. The topological polar surface area (TPSA) is 38.8 Å². The van der Waals surface area contributed by atoms with Gasteiger partial charge in [-0.2, -0.15) is 0 Å². The van der Waals surface area contributed by atoms with Crippen molar-refractivity contribution in [3.8, 4) is 0 Å². The number of likely N-dealkylation sites (tertiary alicyclic amines) is 1. The smallest absolute Gasteiger partial charge is 0.307 e. The fourth-order valence-corrected chi connectivity index (χ4v) is 3.55. The van der Waals surface area contributed by atoms with Crippen molar-refractivity contribution < 1.29 is 14.3 Å². The van der Waals surface area contributed by atoms with Gasteiger partial charge in [0.2, 0.25) is 0 Å². The molecule has 2 aromatic carbocycles. The lowest BCUT2D eigenvalue weighted by molar-refractivity contribution is -0.143. The molecule has 0 spiro atoms. The first-order valence-electron chi connectivity index (χ1n) is 9.89. The zero-order valence-electron chi connectivity index (χ0n) is 16.5. The molecule has 0 bridgehead atoms. The van der Waals surface area contributed by atoms with Crippen molar-refractivity contribution >= 4 is 18.4 Å². The lowest BCUT2D eigenvalue weighted by atomic mass is 10.00. The van der Waals surface area contributed by atoms with Crippen molar-refractivity contribution in [3.05, 3.63) is 71.8 Å². The van der Waals surface area contributed by atoms with E-state index in [1.54, 1.807) is 0 Å². The minimum Gasteiger partial charge on any atom is -0.466 e. The van der Waals surface area contributed by atoms with Gasteiger partial charge in [-0.15, -0.1) is 12.4 Å². The molecule has 3 rings (SSSR count). The minimum atomic E-state index is -0.107. The van der Waals surface area contributed by atoms with Crippen LogP contribution >= 0.6 is 12.4 Å². The summed E-state index contributed by atoms with van der Waals surface area (Å²) < 4.78 is 11.6. The third-order valence-electron chi connectivity index (χ3n) is 5.01. The maximum atomic E-state index is 11.5. The average molecular weight is 404 g/mol. The normalized spacial score (nSPS) is 15.2. The van der Waals surface area contributed by atoms with Crippen LogP contribution in [0.4, 0.5) is 0 Å². The number of carbonyl (C=O) groups is 1. The summed E-state index contributed by atoms with van der Waals surface area (Å²) in [6.07, 6.45) is 2.63. The van der Waals surface area contributed by atoms with E-state index in [-0.39, 0.29) is 30.6 Å². The van der Waals surface area contributed by atoms with Gasteiger partial charge < -0.3 is 14.4 Å². The molecule has 0 unspecified atom stereocenters. The van der Waals surface area contributed by atoms with E-state index in [1.165, 1.54) is 11.1 Å². The molecular weight excluding hydrogens is 374 g/mol. The van der Waals surface area contributed by atoms with E-state index in [0.717, 1.165) is 32.5 Å². The van der Waals surface area contributed by atoms with Gasteiger partial charge in [0.1, 0.15) is 6.10 Å². The quantitative estimate of drug-likeness (QED) is 0.602. The number of carbonyl (C=O) groups excluding carboxylic acids is 1. The summed E-state index contributed by atoms with van der Waals surface area (Å²) in [5, 5.41) is 0. The van der Waals surface area contributed by atoms with E-state index in [9.17, 15) is 4.79 Å². The van der Waals surface area contributed by atoms with Crippen LogP contribution in [-0.4, -0.2) is 43.2 Å². The van der Waals surface area contributed by atoms with Crippen molar-refractivity contribution in [1.29, 1.82) is 0 Å². The summed E-state index contributed by atoms with van der Waals surface area (Å²) >= 11 is 0. The zero-order chi connectivity index (χ0) is 18.9. The largest absolute Gasteiger partial charge is 0.466 e. The molecular formula is C23H30ClNO3. The van der Waals surface area contributed by atoms with Crippen LogP contribution in [0.1, 0.15) is 43.4 Å². The molecule has 1 heterocycles. The summed E-state index contributed by atoms with van der Waals surface area (Å²) in [5.41, 5.74) is 2.38. The van der Waals surface area contributed by atoms with Crippen LogP contribution in [0.2, 0.25) is 0 Å². The Bertz CT molecular complexity index is 648. The highest BCUT2D eigenvalue weighted by molar-refractivity contribution is 5.85. The van der Waals surface area contributed by atoms with Gasteiger partial charge in [-0.05, 0) is 30.9 Å². The molecule has 1 saturated heterocycles. The van der Waals surface area contributed by atoms with Gasteiger partial charge in [0.05, 0.1) is 19.1 Å². The van der Waals surface area contributed by atoms with Gasteiger partial charge in [0, 0.05) is 19.6 Å². The molecule has 0 aliphatic carbocycles. The molecule has 152 valence electrons. The third kappa shape index (κ3) is 6.62. The molecule has 5 heteroatoms. The Labute approximate surface area is 174 Å². The van der Waals surface area contributed by atoms with Crippen LogP contribution in [-0.2, 0) is 14.3 Å². The van der Waals surface area contributed by atoms with Crippen LogP contribution in [0.5, 0.6) is 0 Å². The lowest BCUT2D eigenvalue weighted by Crippen LogP contribution is -2.38. The Morgan fingerprint density at radius 2 is 1.54 bits per heavy atom. The molecule has 1 aliphatic heterocycles. The van der Waals surface area contributed by atoms with Crippen molar-refractivity contribution in [2.45, 2.75) is 38.4 Å². The number of hydrogen-bond acceptors (Lipinski definition) is 4. The van der Waals surface area contributed by atoms with Crippen molar-refractivity contribution in [2.75, 3.05) is 26.2 Å². The van der Waals surface area contributed by atoms with E-state index < -0.39 is 0 Å². The molecule has 28 heavy (non-hydrogen) atoms. The summed E-state index contributed by atoms with van der Waals surface area (Å²) in [6, 6.07) is 20.8. The highest BCUT2D eigenvalue weighted by atomic mass is 35.5. The second-order valence-electron chi connectivity index (χ2n) is 6.93. The Morgan fingerprint density at radius 1 is 1.00 bits per heavy atom. The molecule has 0 N–H and O–H groups in total. The average Bonchev–Trinajstić information content (AvgIpc) is 2.73. The molecule has 1 aliphatic rings. The SMILES string of the molecule is CCOC(=O)CCN1CCC(OC(c2ccccc2)c2ccccc2)CC1.Cl. The van der Waals surface area contributed by atoms with E-state index in [4.69, 9.17) is 9.47 Å². The molecule has 0 saturated carbocycles. The Balaban J connectivity index is 0.00000280. The molecule has 0 amide bonds. The highest BCUT2D eigenvalue weighted by Gasteiger charge is 2.24. The Morgan fingerprint density at radius 3 is 2.04 bits per heavy atom. The van der Waals surface area contributed by atoms with Crippen LogP contribution in [0.3, 0.4) is 0 Å². The predicted octanol–water partition coefficient (Wildman–Crippen LogP) is 4.63. The number of nitrogens with zero attached hydrogens (tertiary/aromatic N) is 1. The van der Waals surface area contributed by atoms with Crippen LogP contribution in [0, 0.1) is 0 Å². The van der Waals surface area contributed by atoms with Crippen LogP contribution in [0.15, 0.2) is 60.7 Å². The van der Waals surface area contributed by atoms with Gasteiger partial charge in [0.25, 0.3) is 0 Å². The summed E-state index contributed by atoms with van der Waals surface area (Å²) in [7, 11) is 0. The Kier molecular flexibility index (Phi) is 9.48. The van der Waals surface area contributed by atoms with Gasteiger partial charge in [-0.1, -0.05) is 60.7 Å². The van der Waals surface area contributed by atoms with E-state index >= 15 is 0 Å². The number of hydrogen-bond donors (Lipinski definition) is 0. The molecule has 0 aromatic heterocycles. The van der Waals surface area contributed by atoms with Gasteiger partial charge in [-0.3, -0.25) is 4.79 Å². The van der Waals surface area contributed by atoms with E-state index in [0.29, 0.717) is 13.0 Å². The summed E-state index contributed by atoms with van der Waals surface area (Å²) in [5.74, 6) is -0.107. The number of piperidine rings is 1. The molecule has 1 fully saturated rings. The van der Waals surface area contributed by atoms with Gasteiger partial charge in [-0.25, -0.2) is 0 Å². The molecule has 4 nitrogen and oxygen atoms in total. The lowest BCUT2D eigenvalue weighted by Gasteiger charge is -2.34. The summed E-state index contributed by atoms with van der Waals surface area (Å²) in [6.45, 7) is 4.98. The van der Waals surface area contributed by atoms with Crippen LogP contribution in [0.25, 0.3) is 0 Å². The van der Waals surface area contributed by atoms with E-state index in [2.05, 4.69) is 53.4 Å². The van der Waals surface area contributed by atoms with E-state index in [1.807, 2.05) is 19.1 Å². The Hall–Kier alpha value is -1.88. The molecule has 2 aromatic rings. The van der Waals surface area contributed by atoms with Crippen molar-refractivity contribution in [2.24, 2.45) is 0 Å². The number of ether oxygens (including phenoxy) is 2. The number of benzene rings is 2.